The third kappa shape index (κ3) is 3.34. The smallest absolute Gasteiger partial charge is 0.155 e. The van der Waals surface area contributed by atoms with Gasteiger partial charge in [-0.1, -0.05) is 6.07 Å². The number of aromatic nitrogens is 5. The molecule has 0 radical (unpaired) electrons. The van der Waals surface area contributed by atoms with Gasteiger partial charge in [-0.15, -0.1) is 0 Å². The van der Waals surface area contributed by atoms with Gasteiger partial charge in [0, 0.05) is 50.8 Å². The van der Waals surface area contributed by atoms with Crippen LogP contribution in [0.4, 0.5) is 11.6 Å². The van der Waals surface area contributed by atoms with Crippen LogP contribution < -0.4 is 9.80 Å². The summed E-state index contributed by atoms with van der Waals surface area (Å²) in [6.07, 6.45) is 10.3. The molecule has 1 aliphatic heterocycles. The van der Waals surface area contributed by atoms with Crippen LogP contribution in [0.3, 0.4) is 0 Å². The summed E-state index contributed by atoms with van der Waals surface area (Å²) >= 11 is 0. The van der Waals surface area contributed by atoms with E-state index in [1.54, 1.807) is 0 Å². The van der Waals surface area contributed by atoms with Crippen molar-refractivity contribution in [2.45, 2.75) is 32.6 Å². The molecule has 0 aromatic carbocycles. The largest absolute Gasteiger partial charge is 0.363 e. The number of hydrogen-bond donors (Lipinski definition) is 0. The van der Waals surface area contributed by atoms with Crippen LogP contribution in [-0.2, 0) is 12.8 Å². The number of anilines is 2. The van der Waals surface area contributed by atoms with E-state index in [1.807, 2.05) is 48.2 Å². The Balaban J connectivity index is 1.29. The van der Waals surface area contributed by atoms with Crippen molar-refractivity contribution in [3.05, 3.63) is 65.9 Å². The van der Waals surface area contributed by atoms with Crippen LogP contribution in [0.5, 0.6) is 0 Å². The van der Waals surface area contributed by atoms with E-state index in [1.165, 1.54) is 24.1 Å². The van der Waals surface area contributed by atoms with Crippen molar-refractivity contribution in [3.63, 3.8) is 0 Å². The highest BCUT2D eigenvalue weighted by Crippen LogP contribution is 2.44. The van der Waals surface area contributed by atoms with Crippen LogP contribution in [0.1, 0.15) is 29.8 Å². The fourth-order valence-corrected chi connectivity index (χ4v) is 5.59. The molecule has 5 heterocycles. The van der Waals surface area contributed by atoms with Crippen molar-refractivity contribution in [2.24, 2.45) is 5.41 Å². The molecule has 33 heavy (non-hydrogen) atoms. The van der Waals surface area contributed by atoms with Gasteiger partial charge in [0.2, 0.25) is 0 Å². The molecule has 168 valence electrons. The molecular formula is C26H29N7. The van der Waals surface area contributed by atoms with Crippen molar-refractivity contribution in [2.75, 3.05) is 37.0 Å². The molecular weight excluding hydrogens is 410 g/mol. The summed E-state index contributed by atoms with van der Waals surface area (Å²) in [6, 6.07) is 10.5. The lowest BCUT2D eigenvalue weighted by molar-refractivity contribution is 0.231. The third-order valence-electron chi connectivity index (χ3n) is 7.40. The molecule has 0 N–H and O–H groups in total. The SMILES string of the molecule is Cc1nc(N2CCC3(CC2)Cc2cccnc2C3)c2ccnn2c1-c1ccc(N(C)C)nc1. The highest BCUT2D eigenvalue weighted by molar-refractivity contribution is 5.75. The average Bonchev–Trinajstić information content (AvgIpc) is 3.44. The molecule has 1 saturated heterocycles. The Bertz CT molecular complexity index is 1290. The predicted molar refractivity (Wildman–Crippen MR) is 131 cm³/mol. The quantitative estimate of drug-likeness (QED) is 0.482. The lowest BCUT2D eigenvalue weighted by Crippen LogP contribution is -2.41. The number of nitrogens with zero attached hydrogens (tertiary/aromatic N) is 7. The molecule has 1 aliphatic carbocycles. The number of piperidine rings is 1. The van der Waals surface area contributed by atoms with Gasteiger partial charge in [-0.05, 0) is 67.9 Å². The Morgan fingerprint density at radius 2 is 1.82 bits per heavy atom. The molecule has 7 nitrogen and oxygen atoms in total. The van der Waals surface area contributed by atoms with E-state index >= 15 is 0 Å². The zero-order valence-corrected chi connectivity index (χ0v) is 19.5. The minimum atomic E-state index is 0.360. The molecule has 0 saturated carbocycles. The first-order chi connectivity index (χ1) is 16.0. The van der Waals surface area contributed by atoms with E-state index in [9.17, 15) is 0 Å². The Labute approximate surface area is 194 Å². The van der Waals surface area contributed by atoms with Crippen molar-refractivity contribution < 1.29 is 0 Å². The lowest BCUT2D eigenvalue weighted by atomic mass is 9.76. The lowest BCUT2D eigenvalue weighted by Gasteiger charge is -2.40. The maximum Gasteiger partial charge on any atom is 0.155 e. The molecule has 1 fully saturated rings. The van der Waals surface area contributed by atoms with E-state index in [0.29, 0.717) is 5.41 Å². The van der Waals surface area contributed by atoms with Crippen molar-refractivity contribution in [1.82, 2.24) is 24.6 Å². The van der Waals surface area contributed by atoms with E-state index in [2.05, 4.69) is 51.2 Å². The number of pyridine rings is 2. The second kappa shape index (κ2) is 7.54. The molecule has 1 spiro atoms. The van der Waals surface area contributed by atoms with Crippen molar-refractivity contribution >= 4 is 17.2 Å². The molecule has 0 unspecified atom stereocenters. The Morgan fingerprint density at radius 1 is 0.970 bits per heavy atom. The van der Waals surface area contributed by atoms with Crippen LogP contribution in [0.25, 0.3) is 16.8 Å². The number of hydrogen-bond acceptors (Lipinski definition) is 6. The second-order valence-corrected chi connectivity index (χ2v) is 9.75. The second-order valence-electron chi connectivity index (χ2n) is 9.75. The normalized spacial score (nSPS) is 17.0. The highest BCUT2D eigenvalue weighted by Gasteiger charge is 2.41. The fraction of sp³-hybridized carbons (Fsp3) is 0.385. The van der Waals surface area contributed by atoms with Crippen LogP contribution in [-0.4, -0.2) is 51.8 Å². The van der Waals surface area contributed by atoms with Crippen LogP contribution in [0.15, 0.2) is 48.9 Å². The van der Waals surface area contributed by atoms with E-state index in [0.717, 1.165) is 60.0 Å². The molecule has 6 rings (SSSR count). The third-order valence-corrected chi connectivity index (χ3v) is 7.40. The Hall–Kier alpha value is -3.48. The average molecular weight is 440 g/mol. The van der Waals surface area contributed by atoms with Gasteiger partial charge in [0.25, 0.3) is 0 Å². The Morgan fingerprint density at radius 3 is 2.55 bits per heavy atom. The standard InChI is InChI=1S/C26H29N7/c1-18-24(20-6-7-23(28-17-20)31(2)3)33-22(8-12-29-33)25(30-18)32-13-9-26(10-14-32)15-19-5-4-11-27-21(19)16-26/h4-8,11-12,17H,9-10,13-16H2,1-3H3. The number of fused-ring (bicyclic) bond motifs is 2. The molecule has 4 aromatic heterocycles. The summed E-state index contributed by atoms with van der Waals surface area (Å²) in [5, 5.41) is 4.67. The van der Waals surface area contributed by atoms with E-state index < -0.39 is 0 Å². The fourth-order valence-electron chi connectivity index (χ4n) is 5.59. The first-order valence-corrected chi connectivity index (χ1v) is 11.7. The van der Waals surface area contributed by atoms with Crippen LogP contribution in [0, 0.1) is 12.3 Å². The molecule has 0 atom stereocenters. The van der Waals surface area contributed by atoms with Crippen molar-refractivity contribution in [3.8, 4) is 11.3 Å². The topological polar surface area (TPSA) is 62.5 Å². The maximum atomic E-state index is 5.10. The molecule has 4 aromatic rings. The first kappa shape index (κ1) is 20.1. The predicted octanol–water partition coefficient (Wildman–Crippen LogP) is 3.95. The highest BCUT2D eigenvalue weighted by atomic mass is 15.3. The molecule has 0 bridgehead atoms. The van der Waals surface area contributed by atoms with Crippen LogP contribution >= 0.6 is 0 Å². The van der Waals surface area contributed by atoms with Gasteiger partial charge in [0.15, 0.2) is 5.82 Å². The number of rotatable bonds is 3. The van der Waals surface area contributed by atoms with Crippen molar-refractivity contribution in [1.29, 1.82) is 0 Å². The van der Waals surface area contributed by atoms with E-state index in [4.69, 9.17) is 4.98 Å². The van der Waals surface area contributed by atoms with Crippen LogP contribution in [0.2, 0.25) is 0 Å². The summed E-state index contributed by atoms with van der Waals surface area (Å²) in [7, 11) is 4.00. The van der Waals surface area contributed by atoms with Gasteiger partial charge >= 0.3 is 0 Å². The maximum absolute atomic E-state index is 5.10. The summed E-state index contributed by atoms with van der Waals surface area (Å²) in [5.41, 5.74) is 7.16. The summed E-state index contributed by atoms with van der Waals surface area (Å²) < 4.78 is 2.03. The minimum Gasteiger partial charge on any atom is -0.363 e. The van der Waals surface area contributed by atoms with Gasteiger partial charge in [-0.2, -0.15) is 5.10 Å². The van der Waals surface area contributed by atoms with Gasteiger partial charge in [0.1, 0.15) is 11.3 Å². The van der Waals surface area contributed by atoms with Gasteiger partial charge in [0.05, 0.1) is 17.6 Å². The number of aryl methyl sites for hydroxylation is 1. The summed E-state index contributed by atoms with van der Waals surface area (Å²) in [6.45, 7) is 4.10. The zero-order valence-electron chi connectivity index (χ0n) is 19.5. The summed E-state index contributed by atoms with van der Waals surface area (Å²) in [4.78, 5) is 18.8. The molecule has 7 heteroatoms. The molecule has 0 amide bonds. The van der Waals surface area contributed by atoms with Gasteiger partial charge < -0.3 is 9.80 Å². The van der Waals surface area contributed by atoms with E-state index in [-0.39, 0.29) is 0 Å². The zero-order chi connectivity index (χ0) is 22.6. The van der Waals surface area contributed by atoms with Gasteiger partial charge in [-0.25, -0.2) is 14.5 Å². The summed E-state index contributed by atoms with van der Waals surface area (Å²) in [5.74, 6) is 1.97. The minimum absolute atomic E-state index is 0.360. The van der Waals surface area contributed by atoms with Gasteiger partial charge in [-0.3, -0.25) is 4.98 Å². The monoisotopic (exact) mass is 439 g/mol. The molecule has 2 aliphatic rings. The first-order valence-electron chi connectivity index (χ1n) is 11.7. The Kier molecular flexibility index (Phi) is 4.60.